The number of aryl methyl sites for hydroxylation is 2. The third-order valence-electron chi connectivity index (χ3n) is 4.89. The molecule has 0 atom stereocenters. The van der Waals surface area contributed by atoms with Crippen molar-refractivity contribution in [1.82, 2.24) is 0 Å². The van der Waals surface area contributed by atoms with E-state index in [1.807, 2.05) is 44.2 Å². The third kappa shape index (κ3) is 3.71. The number of hydrogen-bond acceptors (Lipinski definition) is 4. The molecule has 0 unspecified atom stereocenters. The molecule has 5 nitrogen and oxygen atoms in total. The molecule has 0 spiro atoms. The summed E-state index contributed by atoms with van der Waals surface area (Å²) in [6, 6.07) is 13.4. The number of hydrogen-bond donors (Lipinski definition) is 2. The number of nitrogens with one attached hydrogen (secondary N) is 1. The first-order chi connectivity index (χ1) is 12.5. The molecule has 1 aliphatic heterocycles. The van der Waals surface area contributed by atoms with Gasteiger partial charge in [0, 0.05) is 24.3 Å². The van der Waals surface area contributed by atoms with Crippen molar-refractivity contribution in [2.45, 2.75) is 32.8 Å². The minimum absolute atomic E-state index is 0.168. The van der Waals surface area contributed by atoms with Crippen LogP contribution in [0.15, 0.2) is 36.4 Å². The number of amides is 1. The molecule has 1 amide bonds. The monoisotopic (exact) mass is 349 g/mol. The minimum Gasteiger partial charge on any atom is -0.393 e. The standard InChI is InChI=1S/C21H23N3O2/c1-14-4-3-5-15(2)20(14)21(26)23-17-6-7-19(16(12-17)13-22)24-10-8-18(25)9-11-24/h3-7,12,18,25H,8-11H2,1-2H3,(H,23,26). The lowest BCUT2D eigenvalue weighted by molar-refractivity contribution is 0.102. The smallest absolute Gasteiger partial charge is 0.256 e. The summed E-state index contributed by atoms with van der Waals surface area (Å²) < 4.78 is 0. The molecule has 0 aliphatic carbocycles. The second-order valence-corrected chi connectivity index (χ2v) is 6.78. The van der Waals surface area contributed by atoms with E-state index in [0.717, 1.165) is 29.9 Å². The van der Waals surface area contributed by atoms with E-state index in [9.17, 15) is 15.2 Å². The van der Waals surface area contributed by atoms with Crippen molar-refractivity contribution in [3.05, 3.63) is 58.7 Å². The second-order valence-electron chi connectivity index (χ2n) is 6.78. The Kier molecular flexibility index (Phi) is 5.24. The SMILES string of the molecule is Cc1cccc(C)c1C(=O)Nc1ccc(N2CCC(O)CC2)c(C#N)c1. The highest BCUT2D eigenvalue weighted by molar-refractivity contribution is 6.06. The molecule has 26 heavy (non-hydrogen) atoms. The van der Waals surface area contributed by atoms with Crippen LogP contribution in [0.5, 0.6) is 0 Å². The van der Waals surface area contributed by atoms with Crippen molar-refractivity contribution in [1.29, 1.82) is 5.26 Å². The van der Waals surface area contributed by atoms with Gasteiger partial charge in [0.15, 0.2) is 0 Å². The Morgan fingerprint density at radius 2 is 1.85 bits per heavy atom. The Hall–Kier alpha value is -2.84. The molecule has 0 aromatic heterocycles. The van der Waals surface area contributed by atoms with Crippen LogP contribution in [0.1, 0.15) is 39.9 Å². The van der Waals surface area contributed by atoms with Crippen LogP contribution in [0.3, 0.4) is 0 Å². The molecular formula is C21H23N3O2. The highest BCUT2D eigenvalue weighted by Gasteiger charge is 2.20. The quantitative estimate of drug-likeness (QED) is 0.890. The molecule has 0 saturated carbocycles. The van der Waals surface area contributed by atoms with Crippen LogP contribution in [0.2, 0.25) is 0 Å². The zero-order valence-corrected chi connectivity index (χ0v) is 15.1. The lowest BCUT2D eigenvalue weighted by atomic mass is 10.0. The fraction of sp³-hybridized carbons (Fsp3) is 0.333. The molecule has 2 aromatic carbocycles. The fourth-order valence-electron chi connectivity index (χ4n) is 3.45. The number of nitriles is 1. The molecule has 0 bridgehead atoms. The first-order valence-corrected chi connectivity index (χ1v) is 8.84. The van der Waals surface area contributed by atoms with Gasteiger partial charge in [0.05, 0.1) is 17.4 Å². The lowest BCUT2D eigenvalue weighted by Gasteiger charge is -2.32. The van der Waals surface area contributed by atoms with Gasteiger partial charge in [0.1, 0.15) is 6.07 Å². The predicted molar refractivity (Wildman–Crippen MR) is 102 cm³/mol. The Balaban J connectivity index is 1.82. The van der Waals surface area contributed by atoms with Crippen molar-refractivity contribution in [3.8, 4) is 6.07 Å². The van der Waals surface area contributed by atoms with Crippen LogP contribution in [0.25, 0.3) is 0 Å². The molecule has 5 heteroatoms. The third-order valence-corrected chi connectivity index (χ3v) is 4.89. The van der Waals surface area contributed by atoms with E-state index in [1.54, 1.807) is 6.07 Å². The summed E-state index contributed by atoms with van der Waals surface area (Å²) in [6.07, 6.45) is 1.15. The number of anilines is 2. The number of carbonyl (C=O) groups excluding carboxylic acids is 1. The van der Waals surface area contributed by atoms with Crippen molar-refractivity contribution in [2.75, 3.05) is 23.3 Å². The molecule has 2 N–H and O–H groups in total. The van der Waals surface area contributed by atoms with Crippen molar-refractivity contribution >= 4 is 17.3 Å². The molecule has 1 saturated heterocycles. The van der Waals surface area contributed by atoms with Crippen LogP contribution in [0, 0.1) is 25.2 Å². The van der Waals surface area contributed by atoms with Gasteiger partial charge in [-0.25, -0.2) is 0 Å². The lowest BCUT2D eigenvalue weighted by Crippen LogP contribution is -2.36. The molecule has 2 aromatic rings. The summed E-state index contributed by atoms with van der Waals surface area (Å²) in [5.74, 6) is -0.168. The van der Waals surface area contributed by atoms with Gasteiger partial charge in [-0.15, -0.1) is 0 Å². The average Bonchev–Trinajstić information content (AvgIpc) is 2.62. The molecular weight excluding hydrogens is 326 g/mol. The molecule has 1 fully saturated rings. The van der Waals surface area contributed by atoms with Crippen LogP contribution in [-0.2, 0) is 0 Å². The predicted octanol–water partition coefficient (Wildman–Crippen LogP) is 3.39. The number of aliphatic hydroxyl groups excluding tert-OH is 1. The number of aliphatic hydroxyl groups is 1. The maximum Gasteiger partial charge on any atom is 0.256 e. The highest BCUT2D eigenvalue weighted by Crippen LogP contribution is 2.27. The molecule has 1 heterocycles. The van der Waals surface area contributed by atoms with E-state index in [1.165, 1.54) is 0 Å². The second kappa shape index (κ2) is 7.59. The molecule has 0 radical (unpaired) electrons. The summed E-state index contributed by atoms with van der Waals surface area (Å²) in [5.41, 5.74) is 4.50. The topological polar surface area (TPSA) is 76.4 Å². The van der Waals surface area contributed by atoms with E-state index in [-0.39, 0.29) is 12.0 Å². The largest absolute Gasteiger partial charge is 0.393 e. The Morgan fingerprint density at radius 3 is 2.46 bits per heavy atom. The van der Waals surface area contributed by atoms with Gasteiger partial charge >= 0.3 is 0 Å². The molecule has 3 rings (SSSR count). The summed E-state index contributed by atoms with van der Waals surface area (Å²) >= 11 is 0. The maximum absolute atomic E-state index is 12.6. The summed E-state index contributed by atoms with van der Waals surface area (Å²) in [4.78, 5) is 14.8. The molecule has 134 valence electrons. The Bertz CT molecular complexity index is 842. The van der Waals surface area contributed by atoms with Crippen molar-refractivity contribution in [2.24, 2.45) is 0 Å². The normalized spacial score (nSPS) is 14.8. The number of benzene rings is 2. The van der Waals surface area contributed by atoms with Crippen LogP contribution < -0.4 is 10.2 Å². The van der Waals surface area contributed by atoms with Crippen LogP contribution in [0.4, 0.5) is 11.4 Å². The van der Waals surface area contributed by atoms with Gasteiger partial charge in [0.25, 0.3) is 5.91 Å². The zero-order chi connectivity index (χ0) is 18.7. The summed E-state index contributed by atoms with van der Waals surface area (Å²) in [6.45, 7) is 5.28. The minimum atomic E-state index is -0.257. The van der Waals surface area contributed by atoms with Gasteiger partial charge in [-0.05, 0) is 56.0 Å². The number of rotatable bonds is 3. The summed E-state index contributed by atoms with van der Waals surface area (Å²) in [5, 5.41) is 22.1. The average molecular weight is 349 g/mol. The number of carbonyl (C=O) groups is 1. The van der Waals surface area contributed by atoms with E-state index < -0.39 is 0 Å². The molecule has 1 aliphatic rings. The van der Waals surface area contributed by atoms with Crippen LogP contribution >= 0.6 is 0 Å². The van der Waals surface area contributed by atoms with Gasteiger partial charge in [-0.1, -0.05) is 18.2 Å². The zero-order valence-electron chi connectivity index (χ0n) is 15.1. The van der Waals surface area contributed by atoms with Gasteiger partial charge < -0.3 is 15.3 Å². The Labute approximate surface area is 153 Å². The van der Waals surface area contributed by atoms with E-state index in [4.69, 9.17) is 0 Å². The Morgan fingerprint density at radius 1 is 1.19 bits per heavy atom. The van der Waals surface area contributed by atoms with Crippen LogP contribution in [-0.4, -0.2) is 30.2 Å². The fourth-order valence-corrected chi connectivity index (χ4v) is 3.45. The first-order valence-electron chi connectivity index (χ1n) is 8.84. The number of piperidine rings is 1. The van der Waals surface area contributed by atoms with E-state index in [0.29, 0.717) is 29.7 Å². The maximum atomic E-state index is 12.6. The summed E-state index contributed by atoms with van der Waals surface area (Å²) in [7, 11) is 0. The van der Waals surface area contributed by atoms with Crippen molar-refractivity contribution in [3.63, 3.8) is 0 Å². The van der Waals surface area contributed by atoms with Gasteiger partial charge in [0.2, 0.25) is 0 Å². The van der Waals surface area contributed by atoms with E-state index in [2.05, 4.69) is 16.3 Å². The first kappa shape index (κ1) is 18.0. The van der Waals surface area contributed by atoms with E-state index >= 15 is 0 Å². The van der Waals surface area contributed by atoms with Gasteiger partial charge in [-0.3, -0.25) is 4.79 Å². The highest BCUT2D eigenvalue weighted by atomic mass is 16.3. The van der Waals surface area contributed by atoms with Gasteiger partial charge in [-0.2, -0.15) is 5.26 Å². The van der Waals surface area contributed by atoms with Crippen molar-refractivity contribution < 1.29 is 9.90 Å². The number of nitrogens with zero attached hydrogens (tertiary/aromatic N) is 2.